The van der Waals surface area contributed by atoms with Gasteiger partial charge in [-0.25, -0.2) is 4.79 Å². The van der Waals surface area contributed by atoms with E-state index in [1.165, 1.54) is 12.1 Å². The number of hydrogen-bond acceptors (Lipinski definition) is 3. The number of anilines is 2. The zero-order chi connectivity index (χ0) is 18.4. The predicted octanol–water partition coefficient (Wildman–Crippen LogP) is 3.62. The Morgan fingerprint density at radius 1 is 0.960 bits per heavy atom. The molecule has 0 saturated carbocycles. The molecule has 2 aromatic rings. The third-order valence-corrected chi connectivity index (χ3v) is 3.43. The Balaban J connectivity index is 2.06. The molecule has 0 atom stereocenters. The minimum absolute atomic E-state index is 0.0217. The van der Waals surface area contributed by atoms with Crippen LogP contribution in [0.3, 0.4) is 0 Å². The maximum atomic E-state index is 12.3. The minimum atomic E-state index is -1.11. The lowest BCUT2D eigenvalue weighted by Gasteiger charge is -2.10. The highest BCUT2D eigenvalue weighted by atomic mass is 16.4. The van der Waals surface area contributed by atoms with Crippen LogP contribution >= 0.6 is 0 Å². The van der Waals surface area contributed by atoms with Crippen molar-refractivity contribution in [2.75, 3.05) is 10.6 Å². The summed E-state index contributed by atoms with van der Waals surface area (Å²) in [6, 6.07) is 12.6. The Kier molecular flexibility index (Phi) is 5.89. The minimum Gasteiger partial charge on any atom is -0.478 e. The molecule has 2 amide bonds. The molecule has 2 aromatic carbocycles. The summed E-state index contributed by atoms with van der Waals surface area (Å²) in [5.74, 6) is -1.35. The van der Waals surface area contributed by atoms with E-state index in [1.807, 2.05) is 13.8 Å². The van der Waals surface area contributed by atoms with E-state index in [4.69, 9.17) is 5.11 Å². The van der Waals surface area contributed by atoms with Gasteiger partial charge in [0.1, 0.15) is 0 Å². The molecule has 6 heteroatoms. The third kappa shape index (κ3) is 5.17. The number of aromatic carboxylic acids is 1. The fraction of sp³-hybridized carbons (Fsp3) is 0.211. The molecule has 0 spiro atoms. The summed E-state index contributed by atoms with van der Waals surface area (Å²) in [7, 11) is 0. The molecule has 6 nitrogen and oxygen atoms in total. The van der Waals surface area contributed by atoms with Crippen LogP contribution in [-0.2, 0) is 4.79 Å². The quantitative estimate of drug-likeness (QED) is 0.748. The molecule has 0 aliphatic carbocycles. The monoisotopic (exact) mass is 340 g/mol. The average molecular weight is 340 g/mol. The Labute approximate surface area is 145 Å². The predicted molar refractivity (Wildman–Crippen MR) is 95.9 cm³/mol. The van der Waals surface area contributed by atoms with E-state index in [-0.39, 0.29) is 23.1 Å². The number of nitrogens with one attached hydrogen (secondary N) is 2. The topological polar surface area (TPSA) is 95.5 Å². The van der Waals surface area contributed by atoms with E-state index in [9.17, 15) is 14.4 Å². The number of benzene rings is 2. The number of carboxylic acid groups (broad SMARTS) is 1. The number of hydrogen-bond donors (Lipinski definition) is 3. The molecular formula is C19H20N2O4. The maximum Gasteiger partial charge on any atom is 0.337 e. The van der Waals surface area contributed by atoms with Gasteiger partial charge in [0.25, 0.3) is 5.91 Å². The van der Waals surface area contributed by atoms with Crippen molar-refractivity contribution >= 4 is 29.2 Å². The van der Waals surface area contributed by atoms with Crippen LogP contribution in [0.15, 0.2) is 48.5 Å². The molecular weight excluding hydrogens is 320 g/mol. The van der Waals surface area contributed by atoms with E-state index in [1.54, 1.807) is 36.4 Å². The van der Waals surface area contributed by atoms with Gasteiger partial charge in [0.2, 0.25) is 5.91 Å². The number of para-hydroxylation sites is 1. The van der Waals surface area contributed by atoms with Crippen molar-refractivity contribution in [2.45, 2.75) is 20.3 Å². The molecule has 0 fully saturated rings. The van der Waals surface area contributed by atoms with Crippen LogP contribution in [0.5, 0.6) is 0 Å². The molecule has 130 valence electrons. The van der Waals surface area contributed by atoms with Gasteiger partial charge in [-0.2, -0.15) is 0 Å². The highest BCUT2D eigenvalue weighted by molar-refractivity contribution is 6.08. The van der Waals surface area contributed by atoms with Crippen molar-refractivity contribution < 1.29 is 19.5 Å². The second kappa shape index (κ2) is 8.10. The largest absolute Gasteiger partial charge is 0.478 e. The third-order valence-electron chi connectivity index (χ3n) is 3.43. The van der Waals surface area contributed by atoms with Crippen molar-refractivity contribution in [1.82, 2.24) is 0 Å². The fourth-order valence-corrected chi connectivity index (χ4v) is 2.26. The Bertz CT molecular complexity index is 782. The molecule has 0 heterocycles. The fourth-order valence-electron chi connectivity index (χ4n) is 2.26. The highest BCUT2D eigenvalue weighted by Crippen LogP contribution is 2.17. The van der Waals surface area contributed by atoms with Crippen LogP contribution in [-0.4, -0.2) is 22.9 Å². The summed E-state index contributed by atoms with van der Waals surface area (Å²) >= 11 is 0. The molecule has 0 unspecified atom stereocenters. The summed E-state index contributed by atoms with van der Waals surface area (Å²) in [5, 5.41) is 14.5. The van der Waals surface area contributed by atoms with Crippen LogP contribution < -0.4 is 10.6 Å². The molecule has 0 aliphatic rings. The lowest BCUT2D eigenvalue weighted by atomic mass is 10.1. The Morgan fingerprint density at radius 2 is 1.60 bits per heavy atom. The molecule has 0 bridgehead atoms. The van der Waals surface area contributed by atoms with Crippen LogP contribution in [0.4, 0.5) is 11.4 Å². The normalized spacial score (nSPS) is 10.4. The van der Waals surface area contributed by atoms with Crippen LogP contribution in [0, 0.1) is 5.92 Å². The summed E-state index contributed by atoms with van der Waals surface area (Å²) < 4.78 is 0. The number of carbonyl (C=O) groups excluding carboxylic acids is 2. The van der Waals surface area contributed by atoms with Crippen LogP contribution in [0.25, 0.3) is 0 Å². The zero-order valence-electron chi connectivity index (χ0n) is 14.1. The summed E-state index contributed by atoms with van der Waals surface area (Å²) in [6.45, 7) is 3.92. The Morgan fingerprint density at radius 3 is 2.20 bits per heavy atom. The van der Waals surface area contributed by atoms with Gasteiger partial charge in [-0.15, -0.1) is 0 Å². The number of carbonyl (C=O) groups is 3. The van der Waals surface area contributed by atoms with E-state index in [0.29, 0.717) is 17.7 Å². The lowest BCUT2D eigenvalue weighted by Crippen LogP contribution is -2.16. The van der Waals surface area contributed by atoms with Gasteiger partial charge in [-0.3, -0.25) is 9.59 Å². The summed E-state index contributed by atoms with van der Waals surface area (Å²) in [5.41, 5.74) is 1.22. The van der Waals surface area contributed by atoms with E-state index >= 15 is 0 Å². The molecule has 0 saturated heterocycles. The molecule has 0 aliphatic heterocycles. The first-order chi connectivity index (χ1) is 11.9. The van der Waals surface area contributed by atoms with Gasteiger partial charge in [0, 0.05) is 17.7 Å². The maximum absolute atomic E-state index is 12.3. The van der Waals surface area contributed by atoms with E-state index < -0.39 is 11.9 Å². The number of amides is 2. The molecule has 2 rings (SSSR count). The van der Waals surface area contributed by atoms with Crippen molar-refractivity contribution in [3.63, 3.8) is 0 Å². The molecule has 0 radical (unpaired) electrons. The van der Waals surface area contributed by atoms with Gasteiger partial charge in [-0.05, 0) is 42.3 Å². The second-order valence-electron chi connectivity index (χ2n) is 6.03. The first-order valence-electron chi connectivity index (χ1n) is 7.90. The second-order valence-corrected chi connectivity index (χ2v) is 6.03. The first-order valence-corrected chi connectivity index (χ1v) is 7.90. The van der Waals surface area contributed by atoms with Crippen LogP contribution in [0.2, 0.25) is 0 Å². The molecule has 25 heavy (non-hydrogen) atoms. The SMILES string of the molecule is CC(C)CC(=O)Nc1ccc(C(=O)Nc2ccccc2C(=O)O)cc1. The highest BCUT2D eigenvalue weighted by Gasteiger charge is 2.13. The molecule has 3 N–H and O–H groups in total. The van der Waals surface area contributed by atoms with Crippen molar-refractivity contribution in [1.29, 1.82) is 0 Å². The molecule has 0 aromatic heterocycles. The number of carboxylic acids is 1. The van der Waals surface area contributed by atoms with Crippen molar-refractivity contribution in [3.8, 4) is 0 Å². The smallest absolute Gasteiger partial charge is 0.337 e. The van der Waals surface area contributed by atoms with E-state index in [2.05, 4.69) is 10.6 Å². The van der Waals surface area contributed by atoms with Gasteiger partial charge in [0.15, 0.2) is 0 Å². The van der Waals surface area contributed by atoms with Crippen molar-refractivity contribution in [2.24, 2.45) is 5.92 Å². The standard InChI is InChI=1S/C19H20N2O4/c1-12(2)11-17(22)20-14-9-7-13(8-10-14)18(23)21-16-6-4-3-5-15(16)19(24)25/h3-10,12H,11H2,1-2H3,(H,20,22)(H,21,23)(H,24,25). The van der Waals surface area contributed by atoms with Gasteiger partial charge in [-0.1, -0.05) is 26.0 Å². The zero-order valence-corrected chi connectivity index (χ0v) is 14.1. The van der Waals surface area contributed by atoms with Gasteiger partial charge < -0.3 is 15.7 Å². The van der Waals surface area contributed by atoms with E-state index in [0.717, 1.165) is 0 Å². The van der Waals surface area contributed by atoms with Gasteiger partial charge >= 0.3 is 5.97 Å². The Hall–Kier alpha value is -3.15. The number of rotatable bonds is 6. The average Bonchev–Trinajstić information content (AvgIpc) is 2.55. The summed E-state index contributed by atoms with van der Waals surface area (Å²) in [4.78, 5) is 35.2. The van der Waals surface area contributed by atoms with Gasteiger partial charge in [0.05, 0.1) is 11.3 Å². The lowest BCUT2D eigenvalue weighted by molar-refractivity contribution is -0.116. The summed E-state index contributed by atoms with van der Waals surface area (Å²) in [6.07, 6.45) is 0.425. The van der Waals surface area contributed by atoms with Crippen molar-refractivity contribution in [3.05, 3.63) is 59.7 Å². The first kappa shape index (κ1) is 18.2. The van der Waals surface area contributed by atoms with Crippen LogP contribution in [0.1, 0.15) is 41.0 Å².